The molecule has 0 unspecified atom stereocenters. The summed E-state index contributed by atoms with van der Waals surface area (Å²) in [5, 5.41) is 0.878. The quantitative estimate of drug-likeness (QED) is 0.645. The van der Waals surface area contributed by atoms with Crippen LogP contribution in [-0.2, 0) is 11.3 Å². The van der Waals surface area contributed by atoms with Gasteiger partial charge < -0.3 is 9.47 Å². The van der Waals surface area contributed by atoms with Crippen molar-refractivity contribution in [2.75, 3.05) is 13.1 Å². The molecule has 3 aromatic rings. The number of fused-ring (bicyclic) bond motifs is 1. The van der Waals surface area contributed by atoms with E-state index >= 15 is 0 Å². The average Bonchev–Trinajstić information content (AvgIpc) is 3.01. The van der Waals surface area contributed by atoms with Gasteiger partial charge in [0.15, 0.2) is 5.78 Å². The molecule has 128 valence electrons. The van der Waals surface area contributed by atoms with Gasteiger partial charge in [-0.2, -0.15) is 0 Å². The fraction of sp³-hybridized carbons (Fsp3) is 0.238. The van der Waals surface area contributed by atoms with E-state index in [-0.39, 0.29) is 18.2 Å². The summed E-state index contributed by atoms with van der Waals surface area (Å²) in [6.07, 6.45) is 1.81. The van der Waals surface area contributed by atoms with Crippen LogP contribution >= 0.6 is 0 Å². The Morgan fingerprint density at radius 3 is 2.24 bits per heavy atom. The highest BCUT2D eigenvalue weighted by molar-refractivity contribution is 6.16. The number of carbonyl (C=O) groups is 2. The van der Waals surface area contributed by atoms with E-state index in [2.05, 4.69) is 0 Å². The molecular weight excluding hydrogens is 312 g/mol. The largest absolute Gasteiger partial charge is 0.342 e. The Labute approximate surface area is 147 Å². The molecule has 0 radical (unpaired) electrons. The molecule has 4 heteroatoms. The number of para-hydroxylation sites is 1. The van der Waals surface area contributed by atoms with Crippen LogP contribution in [0.25, 0.3) is 10.9 Å². The van der Waals surface area contributed by atoms with Crippen LogP contribution in [0.2, 0.25) is 0 Å². The second-order valence-corrected chi connectivity index (χ2v) is 5.95. The Balaban J connectivity index is 2.01. The second-order valence-electron chi connectivity index (χ2n) is 5.95. The molecule has 0 saturated carbocycles. The minimum atomic E-state index is -0.0224. The van der Waals surface area contributed by atoms with E-state index in [0.29, 0.717) is 24.2 Å². The van der Waals surface area contributed by atoms with Crippen molar-refractivity contribution in [3.05, 3.63) is 71.9 Å². The number of carbonyl (C=O) groups excluding carboxylic acids is 2. The topological polar surface area (TPSA) is 42.3 Å². The predicted octanol–water partition coefficient (Wildman–Crippen LogP) is 3.74. The maximum Gasteiger partial charge on any atom is 0.242 e. The molecule has 0 aliphatic heterocycles. The first-order valence-electron chi connectivity index (χ1n) is 8.61. The Hall–Kier alpha value is -2.88. The minimum absolute atomic E-state index is 0.0224. The standard InChI is InChI=1S/C21H22N2O2/c1-3-22(4-2)20(24)15-23-14-18(17-12-8-9-13-19(17)23)21(25)16-10-6-5-7-11-16/h5-14H,3-4,15H2,1-2H3. The summed E-state index contributed by atoms with van der Waals surface area (Å²) in [5.74, 6) is 0.0373. The van der Waals surface area contributed by atoms with Crippen molar-refractivity contribution >= 4 is 22.6 Å². The first-order chi connectivity index (χ1) is 12.2. The summed E-state index contributed by atoms with van der Waals surface area (Å²) in [6.45, 7) is 5.55. The molecule has 4 nitrogen and oxygen atoms in total. The van der Waals surface area contributed by atoms with Gasteiger partial charge in [-0.3, -0.25) is 9.59 Å². The number of hydrogen-bond donors (Lipinski definition) is 0. The summed E-state index contributed by atoms with van der Waals surface area (Å²) >= 11 is 0. The molecule has 0 aliphatic carbocycles. The second kappa shape index (κ2) is 7.34. The molecule has 0 saturated heterocycles. The monoisotopic (exact) mass is 334 g/mol. The summed E-state index contributed by atoms with van der Waals surface area (Å²) in [5.41, 5.74) is 2.19. The van der Waals surface area contributed by atoms with E-state index in [4.69, 9.17) is 0 Å². The smallest absolute Gasteiger partial charge is 0.242 e. The fourth-order valence-corrected chi connectivity index (χ4v) is 3.13. The molecule has 0 aliphatic rings. The number of rotatable bonds is 6. The maximum atomic E-state index is 12.9. The van der Waals surface area contributed by atoms with Gasteiger partial charge in [-0.25, -0.2) is 0 Å². The van der Waals surface area contributed by atoms with Crippen LogP contribution in [0.4, 0.5) is 0 Å². The minimum Gasteiger partial charge on any atom is -0.342 e. The first-order valence-corrected chi connectivity index (χ1v) is 8.61. The van der Waals surface area contributed by atoms with Crippen molar-refractivity contribution in [2.24, 2.45) is 0 Å². The lowest BCUT2D eigenvalue weighted by Crippen LogP contribution is -2.33. The van der Waals surface area contributed by atoms with E-state index < -0.39 is 0 Å². The molecule has 0 bridgehead atoms. The molecule has 0 fully saturated rings. The number of aromatic nitrogens is 1. The van der Waals surface area contributed by atoms with Crippen molar-refractivity contribution in [1.82, 2.24) is 9.47 Å². The first kappa shape index (κ1) is 17.0. The van der Waals surface area contributed by atoms with Crippen molar-refractivity contribution in [2.45, 2.75) is 20.4 Å². The summed E-state index contributed by atoms with van der Waals surface area (Å²) < 4.78 is 1.88. The van der Waals surface area contributed by atoms with Crippen molar-refractivity contribution in [3.63, 3.8) is 0 Å². The van der Waals surface area contributed by atoms with Crippen LogP contribution in [0.5, 0.6) is 0 Å². The zero-order valence-corrected chi connectivity index (χ0v) is 14.6. The Bertz CT molecular complexity index is 893. The molecule has 25 heavy (non-hydrogen) atoms. The van der Waals surface area contributed by atoms with E-state index in [1.54, 1.807) is 11.1 Å². The van der Waals surface area contributed by atoms with E-state index in [1.807, 2.05) is 73.0 Å². The SMILES string of the molecule is CCN(CC)C(=O)Cn1cc(C(=O)c2ccccc2)c2ccccc21. The third-order valence-electron chi connectivity index (χ3n) is 4.49. The van der Waals surface area contributed by atoms with Crippen LogP contribution < -0.4 is 0 Å². The third-order valence-corrected chi connectivity index (χ3v) is 4.49. The molecule has 1 heterocycles. The molecule has 0 spiro atoms. The highest BCUT2D eigenvalue weighted by atomic mass is 16.2. The van der Waals surface area contributed by atoms with Gasteiger partial charge >= 0.3 is 0 Å². The van der Waals surface area contributed by atoms with Crippen LogP contribution in [0.3, 0.4) is 0 Å². The van der Waals surface area contributed by atoms with Gasteiger partial charge in [0, 0.05) is 41.3 Å². The van der Waals surface area contributed by atoms with Gasteiger partial charge in [0.2, 0.25) is 5.91 Å². The number of ketones is 1. The number of hydrogen-bond acceptors (Lipinski definition) is 2. The predicted molar refractivity (Wildman–Crippen MR) is 99.7 cm³/mol. The Morgan fingerprint density at radius 1 is 0.920 bits per heavy atom. The van der Waals surface area contributed by atoms with Crippen molar-refractivity contribution < 1.29 is 9.59 Å². The van der Waals surface area contributed by atoms with Crippen LogP contribution in [-0.4, -0.2) is 34.2 Å². The van der Waals surface area contributed by atoms with E-state index in [9.17, 15) is 9.59 Å². The lowest BCUT2D eigenvalue weighted by Gasteiger charge is -2.19. The lowest BCUT2D eigenvalue weighted by atomic mass is 10.0. The molecule has 0 atom stereocenters. The van der Waals surface area contributed by atoms with Gasteiger partial charge in [0.05, 0.1) is 0 Å². The zero-order valence-electron chi connectivity index (χ0n) is 14.6. The lowest BCUT2D eigenvalue weighted by molar-refractivity contribution is -0.131. The number of benzene rings is 2. The fourth-order valence-electron chi connectivity index (χ4n) is 3.13. The Kier molecular flexibility index (Phi) is 4.98. The maximum absolute atomic E-state index is 12.9. The highest BCUT2D eigenvalue weighted by Crippen LogP contribution is 2.24. The average molecular weight is 334 g/mol. The van der Waals surface area contributed by atoms with Gasteiger partial charge in [-0.15, -0.1) is 0 Å². The molecular formula is C21H22N2O2. The molecule has 0 N–H and O–H groups in total. The van der Waals surface area contributed by atoms with Gasteiger partial charge in [-0.1, -0.05) is 48.5 Å². The summed E-state index contributed by atoms with van der Waals surface area (Å²) in [4.78, 5) is 27.2. The highest BCUT2D eigenvalue weighted by Gasteiger charge is 2.18. The summed E-state index contributed by atoms with van der Waals surface area (Å²) in [6, 6.07) is 17.0. The van der Waals surface area contributed by atoms with E-state index in [1.165, 1.54) is 0 Å². The number of amides is 1. The zero-order chi connectivity index (χ0) is 17.8. The Morgan fingerprint density at radius 2 is 1.56 bits per heavy atom. The normalized spacial score (nSPS) is 10.8. The number of likely N-dealkylation sites (N-methyl/N-ethyl adjacent to an activating group) is 1. The molecule has 1 aromatic heterocycles. The van der Waals surface area contributed by atoms with Gasteiger partial charge in [0.1, 0.15) is 6.54 Å². The van der Waals surface area contributed by atoms with Gasteiger partial charge in [-0.05, 0) is 19.9 Å². The molecule has 2 aromatic carbocycles. The van der Waals surface area contributed by atoms with Crippen LogP contribution in [0, 0.1) is 0 Å². The van der Waals surface area contributed by atoms with Crippen LogP contribution in [0.1, 0.15) is 29.8 Å². The van der Waals surface area contributed by atoms with Gasteiger partial charge in [0.25, 0.3) is 0 Å². The van der Waals surface area contributed by atoms with Crippen LogP contribution in [0.15, 0.2) is 60.8 Å². The molecule has 3 rings (SSSR count). The third kappa shape index (κ3) is 3.33. The van der Waals surface area contributed by atoms with Crippen molar-refractivity contribution in [3.8, 4) is 0 Å². The van der Waals surface area contributed by atoms with E-state index in [0.717, 1.165) is 10.9 Å². The summed E-state index contributed by atoms with van der Waals surface area (Å²) in [7, 11) is 0. The number of nitrogens with zero attached hydrogens (tertiary/aromatic N) is 2. The molecule has 1 amide bonds. The van der Waals surface area contributed by atoms with Crippen molar-refractivity contribution in [1.29, 1.82) is 0 Å².